The van der Waals surface area contributed by atoms with Crippen molar-refractivity contribution in [1.29, 1.82) is 0 Å². The number of rotatable bonds is 3. The second-order valence-electron chi connectivity index (χ2n) is 8.10. The molecule has 29 heavy (non-hydrogen) atoms. The SMILES string of the molecule is Nc1nc(CO)nc2c1C1(CCCC1)C(=O)N2c1cnc(N2CCCCC2)nc1. The van der Waals surface area contributed by atoms with Crippen LogP contribution in [0, 0.1) is 0 Å². The van der Waals surface area contributed by atoms with E-state index in [1.165, 1.54) is 6.42 Å². The lowest BCUT2D eigenvalue weighted by atomic mass is 9.80. The van der Waals surface area contributed by atoms with Gasteiger partial charge in [0.15, 0.2) is 5.82 Å². The maximum Gasteiger partial charge on any atom is 0.243 e. The summed E-state index contributed by atoms with van der Waals surface area (Å²) in [7, 11) is 0. The molecule has 2 aromatic heterocycles. The number of nitrogens with two attached hydrogens (primary N) is 1. The minimum Gasteiger partial charge on any atom is -0.388 e. The Morgan fingerprint density at radius 2 is 1.72 bits per heavy atom. The first-order valence-electron chi connectivity index (χ1n) is 10.3. The number of amides is 1. The van der Waals surface area contributed by atoms with Crippen LogP contribution in [-0.2, 0) is 16.8 Å². The van der Waals surface area contributed by atoms with Crippen molar-refractivity contribution < 1.29 is 9.90 Å². The minimum atomic E-state index is -0.682. The number of aromatic nitrogens is 4. The summed E-state index contributed by atoms with van der Waals surface area (Å²) in [6.45, 7) is 1.58. The number of nitrogen functional groups attached to an aromatic ring is 1. The molecule has 3 N–H and O–H groups in total. The Hall–Kier alpha value is -2.81. The molecule has 0 aromatic carbocycles. The van der Waals surface area contributed by atoms with Crippen molar-refractivity contribution in [1.82, 2.24) is 19.9 Å². The highest BCUT2D eigenvalue weighted by Crippen LogP contribution is 2.54. The molecule has 2 aromatic rings. The number of fused-ring (bicyclic) bond motifs is 2. The molecule has 1 spiro atoms. The molecule has 4 heterocycles. The average Bonchev–Trinajstić information content (AvgIpc) is 3.33. The number of piperidine rings is 1. The van der Waals surface area contributed by atoms with Crippen LogP contribution in [0.2, 0.25) is 0 Å². The van der Waals surface area contributed by atoms with Gasteiger partial charge in [-0.1, -0.05) is 12.8 Å². The Bertz CT molecular complexity index is 935. The molecule has 0 radical (unpaired) electrons. The maximum absolute atomic E-state index is 13.6. The van der Waals surface area contributed by atoms with Gasteiger partial charge in [0.1, 0.15) is 18.2 Å². The number of carbonyl (C=O) groups is 1. The van der Waals surface area contributed by atoms with Crippen molar-refractivity contribution in [3.8, 4) is 0 Å². The predicted octanol–water partition coefficient (Wildman–Crippen LogP) is 1.82. The zero-order valence-electron chi connectivity index (χ0n) is 16.3. The van der Waals surface area contributed by atoms with Gasteiger partial charge in [0.2, 0.25) is 11.9 Å². The Balaban J connectivity index is 1.57. The fraction of sp³-hybridized carbons (Fsp3) is 0.550. The van der Waals surface area contributed by atoms with Crippen molar-refractivity contribution in [2.24, 2.45) is 0 Å². The largest absolute Gasteiger partial charge is 0.388 e. The van der Waals surface area contributed by atoms with E-state index in [-0.39, 0.29) is 24.2 Å². The molecular weight excluding hydrogens is 370 g/mol. The summed E-state index contributed by atoms with van der Waals surface area (Å²) in [6, 6.07) is 0. The molecular formula is C20H25N7O2. The van der Waals surface area contributed by atoms with Crippen LogP contribution in [-0.4, -0.2) is 44.0 Å². The van der Waals surface area contributed by atoms with E-state index in [1.54, 1.807) is 17.3 Å². The third-order valence-corrected chi connectivity index (χ3v) is 6.39. The summed E-state index contributed by atoms with van der Waals surface area (Å²) in [4.78, 5) is 35.1. The van der Waals surface area contributed by atoms with Gasteiger partial charge < -0.3 is 15.7 Å². The van der Waals surface area contributed by atoms with E-state index in [1.807, 2.05) is 0 Å². The monoisotopic (exact) mass is 395 g/mol. The van der Waals surface area contributed by atoms with Crippen LogP contribution in [0.25, 0.3) is 0 Å². The molecule has 3 aliphatic rings. The van der Waals surface area contributed by atoms with Gasteiger partial charge in [-0.15, -0.1) is 0 Å². The summed E-state index contributed by atoms with van der Waals surface area (Å²) < 4.78 is 0. The van der Waals surface area contributed by atoms with Gasteiger partial charge in [-0.2, -0.15) is 0 Å². The van der Waals surface area contributed by atoms with E-state index in [9.17, 15) is 9.90 Å². The summed E-state index contributed by atoms with van der Waals surface area (Å²) in [6.07, 6.45) is 10.3. The lowest BCUT2D eigenvalue weighted by Crippen LogP contribution is -2.36. The average molecular weight is 395 g/mol. The van der Waals surface area contributed by atoms with Crippen molar-refractivity contribution in [2.75, 3.05) is 28.6 Å². The topological polar surface area (TPSA) is 121 Å². The molecule has 9 nitrogen and oxygen atoms in total. The lowest BCUT2D eigenvalue weighted by molar-refractivity contribution is -0.122. The van der Waals surface area contributed by atoms with Gasteiger partial charge in [-0.3, -0.25) is 9.69 Å². The van der Waals surface area contributed by atoms with E-state index >= 15 is 0 Å². The first-order valence-corrected chi connectivity index (χ1v) is 10.3. The highest BCUT2D eigenvalue weighted by molar-refractivity contribution is 6.13. The van der Waals surface area contributed by atoms with Crippen LogP contribution in [0.15, 0.2) is 12.4 Å². The zero-order valence-corrected chi connectivity index (χ0v) is 16.3. The summed E-state index contributed by atoms with van der Waals surface area (Å²) in [5, 5.41) is 9.54. The van der Waals surface area contributed by atoms with Crippen molar-refractivity contribution in [3.63, 3.8) is 0 Å². The van der Waals surface area contributed by atoms with Gasteiger partial charge in [0.25, 0.3) is 0 Å². The molecule has 0 unspecified atom stereocenters. The predicted molar refractivity (Wildman–Crippen MR) is 108 cm³/mol. The third kappa shape index (κ3) is 2.75. The van der Waals surface area contributed by atoms with Crippen molar-refractivity contribution in [2.45, 2.75) is 57.0 Å². The minimum absolute atomic E-state index is 0.0459. The summed E-state index contributed by atoms with van der Waals surface area (Å²) in [5.74, 6) is 1.59. The second kappa shape index (κ2) is 6.91. The molecule has 1 saturated carbocycles. The molecule has 2 aliphatic heterocycles. The van der Waals surface area contributed by atoms with Crippen molar-refractivity contribution >= 4 is 29.2 Å². The quantitative estimate of drug-likeness (QED) is 0.807. The number of aliphatic hydroxyl groups excluding tert-OH is 1. The van der Waals surface area contributed by atoms with E-state index < -0.39 is 5.41 Å². The van der Waals surface area contributed by atoms with E-state index in [0.29, 0.717) is 23.0 Å². The zero-order chi connectivity index (χ0) is 20.0. The molecule has 152 valence electrons. The summed E-state index contributed by atoms with van der Waals surface area (Å²) in [5.41, 5.74) is 6.83. The van der Waals surface area contributed by atoms with Crippen LogP contribution >= 0.6 is 0 Å². The maximum atomic E-state index is 13.6. The molecule has 1 aliphatic carbocycles. The second-order valence-corrected chi connectivity index (χ2v) is 8.10. The van der Waals surface area contributed by atoms with E-state index in [4.69, 9.17) is 5.73 Å². The van der Waals surface area contributed by atoms with Gasteiger partial charge in [-0.25, -0.2) is 19.9 Å². The molecule has 2 fully saturated rings. The highest BCUT2D eigenvalue weighted by Gasteiger charge is 2.55. The molecule has 1 amide bonds. The molecule has 9 heteroatoms. The van der Waals surface area contributed by atoms with Gasteiger partial charge in [0.05, 0.1) is 29.1 Å². The first kappa shape index (κ1) is 18.2. The normalized spacial score (nSPS) is 20.5. The Morgan fingerprint density at radius 3 is 2.38 bits per heavy atom. The number of aliphatic hydroxyl groups is 1. The smallest absolute Gasteiger partial charge is 0.243 e. The molecule has 5 rings (SSSR count). The fourth-order valence-electron chi connectivity index (χ4n) is 4.99. The van der Waals surface area contributed by atoms with Crippen LogP contribution in [0.1, 0.15) is 56.3 Å². The first-order chi connectivity index (χ1) is 14.1. The summed E-state index contributed by atoms with van der Waals surface area (Å²) >= 11 is 0. The van der Waals surface area contributed by atoms with Crippen LogP contribution in [0.4, 0.5) is 23.3 Å². The molecule has 0 bridgehead atoms. The van der Waals surface area contributed by atoms with Gasteiger partial charge in [-0.05, 0) is 32.1 Å². The van der Waals surface area contributed by atoms with E-state index in [2.05, 4.69) is 24.8 Å². The Labute approximate surface area is 169 Å². The van der Waals surface area contributed by atoms with Gasteiger partial charge in [0, 0.05) is 13.1 Å². The molecule has 1 saturated heterocycles. The van der Waals surface area contributed by atoms with Crippen LogP contribution in [0.3, 0.4) is 0 Å². The standard InChI is InChI=1S/C20H25N7O2/c21-16-15-17(25-14(12-28)24-16)27(18(29)20(15)6-2-3-7-20)13-10-22-19(23-11-13)26-8-4-1-5-9-26/h10-11,28H,1-9,12H2,(H2,21,24,25). The van der Waals surface area contributed by atoms with Crippen LogP contribution in [0.5, 0.6) is 0 Å². The lowest BCUT2D eigenvalue weighted by Gasteiger charge is -2.27. The number of nitrogens with zero attached hydrogens (tertiary/aromatic N) is 6. The highest BCUT2D eigenvalue weighted by atomic mass is 16.3. The van der Waals surface area contributed by atoms with E-state index in [0.717, 1.165) is 51.6 Å². The number of carbonyl (C=O) groups excluding carboxylic acids is 1. The fourth-order valence-corrected chi connectivity index (χ4v) is 4.99. The van der Waals surface area contributed by atoms with Crippen molar-refractivity contribution in [3.05, 3.63) is 23.8 Å². The third-order valence-electron chi connectivity index (χ3n) is 6.39. The van der Waals surface area contributed by atoms with Gasteiger partial charge >= 0.3 is 0 Å². The number of anilines is 4. The number of hydrogen-bond acceptors (Lipinski definition) is 8. The Morgan fingerprint density at radius 1 is 1.03 bits per heavy atom. The number of hydrogen-bond donors (Lipinski definition) is 2. The Kier molecular flexibility index (Phi) is 4.34. The van der Waals surface area contributed by atoms with Crippen LogP contribution < -0.4 is 15.5 Å². The molecule has 0 atom stereocenters.